The molecule has 0 amide bonds. The SMILES string of the molecule is CC(C)C(CNS(=O)(=O)N1CCNCC1)N1CCCC1. The lowest BCUT2D eigenvalue weighted by molar-refractivity contribution is 0.192. The van der Waals surface area contributed by atoms with E-state index in [1.165, 1.54) is 12.8 Å². The van der Waals surface area contributed by atoms with E-state index in [9.17, 15) is 8.42 Å². The molecule has 2 N–H and O–H groups in total. The second kappa shape index (κ2) is 7.17. The van der Waals surface area contributed by atoms with Crippen LogP contribution in [0.5, 0.6) is 0 Å². The van der Waals surface area contributed by atoms with Gasteiger partial charge in [-0.2, -0.15) is 12.7 Å². The number of rotatable bonds is 6. The Bertz CT molecular complexity index is 387. The molecule has 0 aromatic rings. The quantitative estimate of drug-likeness (QED) is 0.716. The third-order valence-corrected chi connectivity index (χ3v) is 5.85. The molecular formula is C13H28N4O2S. The highest BCUT2D eigenvalue weighted by molar-refractivity contribution is 7.87. The fourth-order valence-electron chi connectivity index (χ4n) is 3.03. The topological polar surface area (TPSA) is 64.7 Å². The summed E-state index contributed by atoms with van der Waals surface area (Å²) < 4.78 is 29.0. The fraction of sp³-hybridized carbons (Fsp3) is 1.00. The second-order valence-corrected chi connectivity index (χ2v) is 7.81. The predicted octanol–water partition coefficient (Wildman–Crippen LogP) is -0.154. The number of hydrogen-bond acceptors (Lipinski definition) is 4. The highest BCUT2D eigenvalue weighted by Gasteiger charge is 2.28. The van der Waals surface area contributed by atoms with Crippen molar-refractivity contribution in [2.45, 2.75) is 32.7 Å². The second-order valence-electron chi connectivity index (χ2n) is 6.06. The molecular weight excluding hydrogens is 276 g/mol. The summed E-state index contributed by atoms with van der Waals surface area (Å²) in [4.78, 5) is 2.42. The summed E-state index contributed by atoms with van der Waals surface area (Å²) in [5.41, 5.74) is 0. The molecule has 118 valence electrons. The molecule has 2 saturated heterocycles. The number of likely N-dealkylation sites (tertiary alicyclic amines) is 1. The summed E-state index contributed by atoms with van der Waals surface area (Å²) >= 11 is 0. The minimum absolute atomic E-state index is 0.301. The van der Waals surface area contributed by atoms with Crippen LogP contribution >= 0.6 is 0 Å². The molecule has 20 heavy (non-hydrogen) atoms. The minimum atomic E-state index is -3.32. The van der Waals surface area contributed by atoms with Gasteiger partial charge in [0.2, 0.25) is 0 Å². The van der Waals surface area contributed by atoms with Gasteiger partial charge in [-0.3, -0.25) is 4.90 Å². The van der Waals surface area contributed by atoms with Crippen molar-refractivity contribution in [3.8, 4) is 0 Å². The van der Waals surface area contributed by atoms with Crippen molar-refractivity contribution < 1.29 is 8.42 Å². The summed E-state index contributed by atoms with van der Waals surface area (Å²) in [5, 5.41) is 3.17. The van der Waals surface area contributed by atoms with Gasteiger partial charge in [0.25, 0.3) is 10.2 Å². The molecule has 2 heterocycles. The lowest BCUT2D eigenvalue weighted by Gasteiger charge is -2.32. The fourth-order valence-corrected chi connectivity index (χ4v) is 4.25. The molecule has 1 atom stereocenters. The van der Waals surface area contributed by atoms with Gasteiger partial charge < -0.3 is 5.32 Å². The maximum Gasteiger partial charge on any atom is 0.279 e. The van der Waals surface area contributed by atoms with Crippen LogP contribution in [0.3, 0.4) is 0 Å². The zero-order chi connectivity index (χ0) is 14.6. The molecule has 0 radical (unpaired) electrons. The first-order chi connectivity index (χ1) is 9.50. The summed E-state index contributed by atoms with van der Waals surface area (Å²) in [6.07, 6.45) is 2.46. The van der Waals surface area contributed by atoms with Crippen LogP contribution in [0.1, 0.15) is 26.7 Å². The van der Waals surface area contributed by atoms with Crippen LogP contribution < -0.4 is 10.0 Å². The van der Waals surface area contributed by atoms with Gasteiger partial charge in [0.15, 0.2) is 0 Å². The number of piperazine rings is 1. The third-order valence-electron chi connectivity index (χ3n) is 4.27. The molecule has 0 bridgehead atoms. The van der Waals surface area contributed by atoms with E-state index in [-0.39, 0.29) is 0 Å². The maximum atomic E-state index is 12.3. The Morgan fingerprint density at radius 1 is 1.10 bits per heavy atom. The average molecular weight is 304 g/mol. The van der Waals surface area contributed by atoms with Crippen molar-refractivity contribution in [2.24, 2.45) is 5.92 Å². The van der Waals surface area contributed by atoms with E-state index in [4.69, 9.17) is 0 Å². The molecule has 0 aromatic heterocycles. The van der Waals surface area contributed by atoms with Crippen LogP contribution in [0.2, 0.25) is 0 Å². The summed E-state index contributed by atoms with van der Waals surface area (Å²) in [6.45, 7) is 9.64. The Labute approximate surface area is 123 Å². The lowest BCUT2D eigenvalue weighted by Crippen LogP contribution is -2.53. The van der Waals surface area contributed by atoms with E-state index >= 15 is 0 Å². The first kappa shape index (κ1) is 16.2. The van der Waals surface area contributed by atoms with E-state index in [1.54, 1.807) is 4.31 Å². The van der Waals surface area contributed by atoms with Crippen LogP contribution in [0.4, 0.5) is 0 Å². The van der Waals surface area contributed by atoms with Crippen LogP contribution in [0, 0.1) is 5.92 Å². The van der Waals surface area contributed by atoms with Crippen molar-refractivity contribution in [1.82, 2.24) is 19.2 Å². The highest BCUT2D eigenvalue weighted by atomic mass is 32.2. The Hall–Kier alpha value is -0.210. The smallest absolute Gasteiger partial charge is 0.279 e. The van der Waals surface area contributed by atoms with E-state index in [0.29, 0.717) is 31.6 Å². The highest BCUT2D eigenvalue weighted by Crippen LogP contribution is 2.17. The Morgan fingerprint density at radius 3 is 2.25 bits per heavy atom. The van der Waals surface area contributed by atoms with Gasteiger partial charge in [0.1, 0.15) is 0 Å². The molecule has 2 aliphatic rings. The summed E-state index contributed by atoms with van der Waals surface area (Å²) in [6, 6.07) is 0.301. The molecule has 0 spiro atoms. The first-order valence-electron chi connectivity index (χ1n) is 7.70. The van der Waals surface area contributed by atoms with Crippen LogP contribution in [-0.2, 0) is 10.2 Å². The zero-order valence-electron chi connectivity index (χ0n) is 12.6. The minimum Gasteiger partial charge on any atom is -0.314 e. The maximum absolute atomic E-state index is 12.3. The Kier molecular flexibility index (Phi) is 5.80. The third kappa shape index (κ3) is 4.14. The van der Waals surface area contributed by atoms with Gasteiger partial charge in [-0.25, -0.2) is 4.72 Å². The van der Waals surface area contributed by atoms with Gasteiger partial charge in [0.05, 0.1) is 0 Å². The summed E-state index contributed by atoms with van der Waals surface area (Å²) in [7, 11) is -3.32. The molecule has 2 rings (SSSR count). The van der Waals surface area contributed by atoms with E-state index < -0.39 is 10.2 Å². The zero-order valence-corrected chi connectivity index (χ0v) is 13.5. The molecule has 0 saturated carbocycles. The number of nitrogens with one attached hydrogen (secondary N) is 2. The van der Waals surface area contributed by atoms with E-state index in [2.05, 4.69) is 28.8 Å². The molecule has 2 aliphatic heterocycles. The van der Waals surface area contributed by atoms with Crippen LogP contribution in [0.15, 0.2) is 0 Å². The standard InChI is InChI=1S/C13H28N4O2S/c1-12(2)13(16-7-3-4-8-16)11-15-20(18,19)17-9-5-14-6-10-17/h12-15H,3-11H2,1-2H3. The van der Waals surface area contributed by atoms with Gasteiger partial charge in [-0.05, 0) is 31.8 Å². The van der Waals surface area contributed by atoms with Crippen molar-refractivity contribution in [2.75, 3.05) is 45.8 Å². The van der Waals surface area contributed by atoms with Gasteiger partial charge >= 0.3 is 0 Å². The molecule has 7 heteroatoms. The molecule has 0 aliphatic carbocycles. The molecule has 0 aromatic carbocycles. The van der Waals surface area contributed by atoms with Gasteiger partial charge in [-0.15, -0.1) is 0 Å². The van der Waals surface area contributed by atoms with Crippen molar-refractivity contribution in [3.63, 3.8) is 0 Å². The first-order valence-corrected chi connectivity index (χ1v) is 9.14. The van der Waals surface area contributed by atoms with Crippen molar-refractivity contribution >= 4 is 10.2 Å². The van der Waals surface area contributed by atoms with Gasteiger partial charge in [-0.1, -0.05) is 13.8 Å². The van der Waals surface area contributed by atoms with E-state index in [0.717, 1.165) is 26.2 Å². The van der Waals surface area contributed by atoms with Crippen molar-refractivity contribution in [1.29, 1.82) is 0 Å². The van der Waals surface area contributed by atoms with Crippen LogP contribution in [-0.4, -0.2) is 69.5 Å². The van der Waals surface area contributed by atoms with Crippen molar-refractivity contribution in [3.05, 3.63) is 0 Å². The average Bonchev–Trinajstić information content (AvgIpc) is 2.93. The normalized spacial score (nSPS) is 24.4. The van der Waals surface area contributed by atoms with Gasteiger partial charge in [0, 0.05) is 38.8 Å². The Morgan fingerprint density at radius 2 is 1.70 bits per heavy atom. The largest absolute Gasteiger partial charge is 0.314 e. The Balaban J connectivity index is 1.90. The van der Waals surface area contributed by atoms with Crippen LogP contribution in [0.25, 0.3) is 0 Å². The number of nitrogens with zero attached hydrogens (tertiary/aromatic N) is 2. The molecule has 1 unspecified atom stereocenters. The number of hydrogen-bond donors (Lipinski definition) is 2. The predicted molar refractivity (Wildman–Crippen MR) is 80.8 cm³/mol. The lowest BCUT2D eigenvalue weighted by atomic mass is 10.0. The monoisotopic (exact) mass is 304 g/mol. The summed E-state index contributed by atoms with van der Waals surface area (Å²) in [5.74, 6) is 0.457. The molecule has 2 fully saturated rings. The molecule has 6 nitrogen and oxygen atoms in total. The van der Waals surface area contributed by atoms with E-state index in [1.807, 2.05) is 0 Å².